The van der Waals surface area contributed by atoms with Gasteiger partial charge in [-0.05, 0) is 65.0 Å². The summed E-state index contributed by atoms with van der Waals surface area (Å²) in [7, 11) is 0. The zero-order valence-electron chi connectivity index (χ0n) is 25.7. The lowest BCUT2D eigenvalue weighted by Crippen LogP contribution is -2.56. The van der Waals surface area contributed by atoms with E-state index in [0.717, 1.165) is 11.1 Å². The Morgan fingerprint density at radius 3 is 1.96 bits per heavy atom. The fourth-order valence-corrected chi connectivity index (χ4v) is 5.37. The fourth-order valence-electron chi connectivity index (χ4n) is 5.37. The SMILES string of the molecule is NCC[C@@H]1NC(=O)C(N)Cc2cc(ccc2OCc2ccccc2)-c2ccc(OCc3ccccc3)c(c2)C(O)C(C(=O)O)NC1=O. The molecule has 4 aromatic carbocycles. The number of nitrogens with one attached hydrogen (secondary N) is 2. The molecule has 47 heavy (non-hydrogen) atoms. The van der Waals surface area contributed by atoms with Crippen molar-refractivity contribution in [2.45, 2.75) is 50.3 Å². The van der Waals surface area contributed by atoms with Crippen molar-refractivity contribution in [2.24, 2.45) is 11.5 Å². The first kappa shape index (κ1) is 33.1. The van der Waals surface area contributed by atoms with E-state index in [1.54, 1.807) is 24.3 Å². The van der Waals surface area contributed by atoms with Crippen LogP contribution in [-0.4, -0.2) is 52.7 Å². The molecule has 0 spiro atoms. The van der Waals surface area contributed by atoms with Gasteiger partial charge in [-0.1, -0.05) is 72.8 Å². The fraction of sp³-hybridized carbons (Fsp3) is 0.250. The van der Waals surface area contributed by atoms with E-state index in [1.807, 2.05) is 72.8 Å². The van der Waals surface area contributed by atoms with Crippen LogP contribution in [0.4, 0.5) is 0 Å². The number of aliphatic carboxylic acids is 1. The number of benzene rings is 4. The van der Waals surface area contributed by atoms with Gasteiger partial charge in [-0.15, -0.1) is 0 Å². The number of fused-ring (bicyclic) bond motifs is 5. The molecule has 3 unspecified atom stereocenters. The van der Waals surface area contributed by atoms with E-state index in [1.165, 1.54) is 0 Å². The molecular formula is C36H38N4O7. The summed E-state index contributed by atoms with van der Waals surface area (Å²) in [6.45, 7) is 0.463. The minimum absolute atomic E-state index is 0.00850. The van der Waals surface area contributed by atoms with E-state index in [0.29, 0.717) is 22.4 Å². The predicted molar refractivity (Wildman–Crippen MR) is 175 cm³/mol. The molecule has 11 heteroatoms. The van der Waals surface area contributed by atoms with Gasteiger partial charge in [0.05, 0.1) is 6.04 Å². The number of amides is 2. The van der Waals surface area contributed by atoms with Gasteiger partial charge >= 0.3 is 5.97 Å². The van der Waals surface area contributed by atoms with Crippen LogP contribution in [0.2, 0.25) is 0 Å². The molecule has 8 N–H and O–H groups in total. The number of hydrogen-bond acceptors (Lipinski definition) is 8. The molecule has 0 aromatic heterocycles. The zero-order valence-corrected chi connectivity index (χ0v) is 25.7. The lowest BCUT2D eigenvalue weighted by Gasteiger charge is -2.26. The first-order valence-corrected chi connectivity index (χ1v) is 15.3. The standard InChI is InChI=1S/C36H38N4O7/c37-16-15-29-35(43)40-32(36(44)45)33(41)27-18-25(12-14-31(27)47-21-23-9-5-2-6-10-23)24-11-13-30(46-20-22-7-3-1-4-8-22)26(17-24)19-28(38)34(42)39-29/h1-14,17-18,28-29,32-33,41H,15-16,19-21,37-38H2,(H,39,42)(H,40,43)(H,44,45)/t28?,29-,32?,33?/m0/s1. The minimum Gasteiger partial charge on any atom is -0.489 e. The maximum absolute atomic E-state index is 13.4. The molecule has 4 bridgehead atoms. The van der Waals surface area contributed by atoms with Gasteiger partial charge in [-0.3, -0.25) is 9.59 Å². The summed E-state index contributed by atoms with van der Waals surface area (Å²) >= 11 is 0. The Bertz CT molecular complexity index is 1700. The minimum atomic E-state index is -1.78. The normalized spacial score (nSPS) is 19.8. The maximum Gasteiger partial charge on any atom is 0.329 e. The van der Waals surface area contributed by atoms with Crippen LogP contribution in [0.3, 0.4) is 0 Å². The Hall–Kier alpha value is -5.23. The van der Waals surface area contributed by atoms with Gasteiger partial charge in [0.1, 0.15) is 36.9 Å². The van der Waals surface area contributed by atoms with Crippen LogP contribution in [0, 0.1) is 0 Å². The molecule has 11 nitrogen and oxygen atoms in total. The van der Waals surface area contributed by atoms with Gasteiger partial charge in [0, 0.05) is 12.0 Å². The Morgan fingerprint density at radius 1 is 0.787 bits per heavy atom. The van der Waals surface area contributed by atoms with Crippen LogP contribution in [0.1, 0.15) is 34.8 Å². The summed E-state index contributed by atoms with van der Waals surface area (Å²) < 4.78 is 12.2. The van der Waals surface area contributed by atoms with E-state index >= 15 is 0 Å². The van der Waals surface area contributed by atoms with Crippen LogP contribution >= 0.6 is 0 Å². The molecule has 1 aliphatic rings. The number of carbonyl (C=O) groups excluding carboxylic acids is 2. The van der Waals surface area contributed by atoms with Crippen LogP contribution < -0.4 is 31.6 Å². The van der Waals surface area contributed by atoms with Crippen molar-refractivity contribution in [2.75, 3.05) is 6.54 Å². The number of aliphatic hydroxyl groups excluding tert-OH is 1. The molecule has 4 aromatic rings. The number of carboxylic acid groups (broad SMARTS) is 1. The van der Waals surface area contributed by atoms with Crippen LogP contribution in [0.15, 0.2) is 97.1 Å². The third-order valence-corrected chi connectivity index (χ3v) is 7.94. The molecule has 0 fully saturated rings. The highest BCUT2D eigenvalue weighted by molar-refractivity contribution is 5.92. The average Bonchev–Trinajstić information content (AvgIpc) is 3.08. The Labute approximate surface area is 272 Å². The van der Waals surface area contributed by atoms with Gasteiger partial charge in [-0.25, -0.2) is 4.79 Å². The molecule has 0 saturated heterocycles. The average molecular weight is 639 g/mol. The molecule has 0 aliphatic carbocycles. The second kappa shape index (κ2) is 15.4. The zero-order chi connectivity index (χ0) is 33.3. The maximum atomic E-state index is 13.4. The number of carbonyl (C=O) groups is 3. The van der Waals surface area contributed by atoms with E-state index in [4.69, 9.17) is 20.9 Å². The number of carboxylic acids is 1. The number of nitrogens with two attached hydrogens (primary N) is 2. The predicted octanol–water partition coefficient (Wildman–Crippen LogP) is 2.83. The summed E-state index contributed by atoms with van der Waals surface area (Å²) in [5.74, 6) is -2.17. The summed E-state index contributed by atoms with van der Waals surface area (Å²) in [6, 6.07) is 25.5. The Morgan fingerprint density at radius 2 is 1.36 bits per heavy atom. The monoisotopic (exact) mass is 638 g/mol. The molecular weight excluding hydrogens is 600 g/mol. The largest absolute Gasteiger partial charge is 0.489 e. The first-order valence-electron chi connectivity index (χ1n) is 15.3. The highest BCUT2D eigenvalue weighted by atomic mass is 16.5. The Kier molecular flexibility index (Phi) is 10.8. The first-order chi connectivity index (χ1) is 22.7. The molecule has 1 aliphatic heterocycles. The van der Waals surface area contributed by atoms with Gasteiger partial charge in [-0.2, -0.15) is 0 Å². The van der Waals surface area contributed by atoms with Gasteiger partial charge < -0.3 is 41.8 Å². The molecule has 244 valence electrons. The number of hydrogen-bond donors (Lipinski definition) is 6. The van der Waals surface area contributed by atoms with E-state index in [9.17, 15) is 24.6 Å². The van der Waals surface area contributed by atoms with Crippen molar-refractivity contribution in [3.8, 4) is 22.6 Å². The molecule has 5 rings (SSSR count). The molecule has 2 amide bonds. The third kappa shape index (κ3) is 8.33. The van der Waals surface area contributed by atoms with Gasteiger partial charge in [0.25, 0.3) is 0 Å². The summed E-state index contributed by atoms with van der Waals surface area (Å²) in [5, 5.41) is 26.7. The Balaban J connectivity index is 1.59. The van der Waals surface area contributed by atoms with Crippen molar-refractivity contribution in [3.63, 3.8) is 0 Å². The van der Waals surface area contributed by atoms with Crippen molar-refractivity contribution < 1.29 is 34.1 Å². The molecule has 1 heterocycles. The van der Waals surface area contributed by atoms with Crippen LogP contribution in [0.5, 0.6) is 11.5 Å². The second-order valence-corrected chi connectivity index (χ2v) is 11.3. The van der Waals surface area contributed by atoms with Crippen molar-refractivity contribution in [1.29, 1.82) is 0 Å². The molecule has 4 atom stereocenters. The van der Waals surface area contributed by atoms with Crippen molar-refractivity contribution >= 4 is 17.8 Å². The van der Waals surface area contributed by atoms with Gasteiger partial charge in [0.2, 0.25) is 11.8 Å². The van der Waals surface area contributed by atoms with Crippen LogP contribution in [0.25, 0.3) is 11.1 Å². The second-order valence-electron chi connectivity index (χ2n) is 11.3. The number of aliphatic hydroxyl groups is 1. The smallest absolute Gasteiger partial charge is 0.329 e. The third-order valence-electron chi connectivity index (χ3n) is 7.94. The van der Waals surface area contributed by atoms with Crippen molar-refractivity contribution in [3.05, 3.63) is 119 Å². The highest BCUT2D eigenvalue weighted by Gasteiger charge is 2.35. The summed E-state index contributed by atoms with van der Waals surface area (Å²) in [6.07, 6.45) is -1.64. The highest BCUT2D eigenvalue weighted by Crippen LogP contribution is 2.35. The quantitative estimate of drug-likeness (QED) is 0.160. The van der Waals surface area contributed by atoms with Gasteiger partial charge in [0.15, 0.2) is 6.04 Å². The van der Waals surface area contributed by atoms with E-state index < -0.39 is 42.0 Å². The van der Waals surface area contributed by atoms with E-state index in [-0.39, 0.29) is 43.9 Å². The van der Waals surface area contributed by atoms with Crippen LogP contribution in [-0.2, 0) is 34.0 Å². The molecule has 0 saturated carbocycles. The number of ether oxygens (including phenoxy) is 2. The summed E-state index contributed by atoms with van der Waals surface area (Å²) in [4.78, 5) is 39.1. The molecule has 0 radical (unpaired) electrons. The summed E-state index contributed by atoms with van der Waals surface area (Å²) in [5.41, 5.74) is 16.0. The lowest BCUT2D eigenvalue weighted by molar-refractivity contribution is -0.145. The lowest BCUT2D eigenvalue weighted by atomic mass is 9.94. The number of rotatable bonds is 9. The van der Waals surface area contributed by atoms with E-state index in [2.05, 4.69) is 10.6 Å². The van der Waals surface area contributed by atoms with Crippen molar-refractivity contribution in [1.82, 2.24) is 10.6 Å². The topological polar surface area (TPSA) is 186 Å².